The molecule has 4 nitrogen and oxygen atoms in total. The third-order valence-electron chi connectivity index (χ3n) is 3.70. The van der Waals surface area contributed by atoms with Crippen LogP contribution in [0.15, 0.2) is 36.7 Å². The first-order valence-electron chi connectivity index (χ1n) is 6.42. The number of hydrogen-bond donors (Lipinski definition) is 1. The van der Waals surface area contributed by atoms with Crippen LogP contribution in [0.4, 0.5) is 0 Å². The molecule has 4 heteroatoms. The number of methoxy groups -OCH3 is 1. The van der Waals surface area contributed by atoms with Gasteiger partial charge in [0.15, 0.2) is 0 Å². The zero-order valence-corrected chi connectivity index (χ0v) is 10.8. The van der Waals surface area contributed by atoms with Gasteiger partial charge in [0.1, 0.15) is 11.3 Å². The van der Waals surface area contributed by atoms with Crippen molar-refractivity contribution in [2.75, 3.05) is 7.11 Å². The second-order valence-corrected chi connectivity index (χ2v) is 4.79. The first-order chi connectivity index (χ1) is 9.25. The Balaban J connectivity index is 2.19. The molecule has 0 amide bonds. The summed E-state index contributed by atoms with van der Waals surface area (Å²) in [6, 6.07) is 7.96. The third kappa shape index (κ3) is 1.88. The number of aromatic nitrogens is 2. The van der Waals surface area contributed by atoms with Crippen molar-refractivity contribution in [3.63, 3.8) is 0 Å². The number of rotatable bonds is 2. The van der Waals surface area contributed by atoms with Crippen molar-refractivity contribution in [1.29, 1.82) is 0 Å². The standard InChI is InChI=1S/C15H16N2O2/c1-19-14-13(16-9-10-17-14)15(18)8-4-6-11-5-2-3-7-12(11)15/h2-3,5,7,9-10,18H,4,6,8H2,1H3. The lowest BCUT2D eigenvalue weighted by atomic mass is 9.77. The molecule has 1 atom stereocenters. The lowest BCUT2D eigenvalue weighted by Gasteiger charge is -2.34. The van der Waals surface area contributed by atoms with Gasteiger partial charge in [-0.25, -0.2) is 4.98 Å². The fraction of sp³-hybridized carbons (Fsp3) is 0.333. The van der Waals surface area contributed by atoms with Gasteiger partial charge in [-0.15, -0.1) is 0 Å². The number of benzene rings is 1. The first-order valence-corrected chi connectivity index (χ1v) is 6.42. The molecule has 0 saturated heterocycles. The van der Waals surface area contributed by atoms with Crippen LogP contribution in [0.2, 0.25) is 0 Å². The number of ether oxygens (including phenoxy) is 1. The summed E-state index contributed by atoms with van der Waals surface area (Å²) in [5.41, 5.74) is 1.49. The SMILES string of the molecule is COc1nccnc1C1(O)CCCc2ccccc21. The number of fused-ring (bicyclic) bond motifs is 1. The Bertz CT molecular complexity index is 600. The number of aliphatic hydroxyl groups is 1. The average molecular weight is 256 g/mol. The number of hydrogen-bond acceptors (Lipinski definition) is 4. The summed E-state index contributed by atoms with van der Waals surface area (Å²) in [6.45, 7) is 0. The topological polar surface area (TPSA) is 55.2 Å². The van der Waals surface area contributed by atoms with Crippen LogP contribution in [0, 0.1) is 0 Å². The molecule has 2 aromatic rings. The van der Waals surface area contributed by atoms with E-state index in [4.69, 9.17) is 4.74 Å². The van der Waals surface area contributed by atoms with E-state index in [2.05, 4.69) is 16.0 Å². The van der Waals surface area contributed by atoms with Crippen LogP contribution in [-0.4, -0.2) is 22.2 Å². The Morgan fingerprint density at radius 2 is 2.00 bits per heavy atom. The van der Waals surface area contributed by atoms with Gasteiger partial charge < -0.3 is 9.84 Å². The van der Waals surface area contributed by atoms with Crippen LogP contribution >= 0.6 is 0 Å². The molecule has 1 N–H and O–H groups in total. The predicted octanol–water partition coefficient (Wildman–Crippen LogP) is 2.06. The van der Waals surface area contributed by atoms with E-state index in [9.17, 15) is 5.11 Å². The second-order valence-electron chi connectivity index (χ2n) is 4.79. The molecule has 98 valence electrons. The van der Waals surface area contributed by atoms with Gasteiger partial charge in [-0.1, -0.05) is 24.3 Å². The molecule has 0 saturated carbocycles. The van der Waals surface area contributed by atoms with Crippen LogP contribution < -0.4 is 4.74 Å². The normalized spacial score (nSPS) is 21.8. The summed E-state index contributed by atoms with van der Waals surface area (Å²) in [5.74, 6) is 0.390. The van der Waals surface area contributed by atoms with Crippen molar-refractivity contribution in [2.24, 2.45) is 0 Å². The molecule has 1 heterocycles. The molecule has 0 spiro atoms. The minimum absolute atomic E-state index is 0.390. The molecule has 1 aromatic heterocycles. The number of nitrogens with zero attached hydrogens (tertiary/aromatic N) is 2. The first kappa shape index (κ1) is 12.1. The summed E-state index contributed by atoms with van der Waals surface area (Å²) in [6.07, 6.45) is 5.71. The summed E-state index contributed by atoms with van der Waals surface area (Å²) in [7, 11) is 1.55. The van der Waals surface area contributed by atoms with E-state index in [1.165, 1.54) is 5.56 Å². The molecule has 0 aliphatic heterocycles. The Kier molecular flexibility index (Phi) is 2.95. The van der Waals surface area contributed by atoms with Crippen LogP contribution in [0.3, 0.4) is 0 Å². The van der Waals surface area contributed by atoms with Crippen molar-refractivity contribution in [3.8, 4) is 5.88 Å². The van der Waals surface area contributed by atoms with Gasteiger partial charge >= 0.3 is 0 Å². The molecule has 0 radical (unpaired) electrons. The maximum Gasteiger partial charge on any atom is 0.238 e. The smallest absolute Gasteiger partial charge is 0.238 e. The third-order valence-corrected chi connectivity index (χ3v) is 3.70. The van der Waals surface area contributed by atoms with E-state index in [1.807, 2.05) is 18.2 Å². The summed E-state index contributed by atoms with van der Waals surface area (Å²) >= 11 is 0. The van der Waals surface area contributed by atoms with Gasteiger partial charge in [-0.05, 0) is 30.4 Å². The van der Waals surface area contributed by atoms with Crippen molar-refractivity contribution in [1.82, 2.24) is 9.97 Å². The molecule has 0 bridgehead atoms. The molecule has 1 aliphatic rings. The highest BCUT2D eigenvalue weighted by Gasteiger charge is 2.39. The second kappa shape index (κ2) is 4.63. The Hall–Kier alpha value is -1.94. The van der Waals surface area contributed by atoms with Gasteiger partial charge in [0.25, 0.3) is 0 Å². The van der Waals surface area contributed by atoms with Gasteiger partial charge in [-0.3, -0.25) is 4.98 Å². The molecule has 3 rings (SSSR count). The fourth-order valence-electron chi connectivity index (χ4n) is 2.82. The molecule has 1 aromatic carbocycles. The highest BCUT2D eigenvalue weighted by molar-refractivity contribution is 5.43. The maximum absolute atomic E-state index is 11.1. The average Bonchev–Trinajstić information content (AvgIpc) is 2.48. The molecule has 1 unspecified atom stereocenters. The Morgan fingerprint density at radius 3 is 2.84 bits per heavy atom. The van der Waals surface area contributed by atoms with E-state index in [-0.39, 0.29) is 0 Å². The molecule has 0 fully saturated rings. The fourth-order valence-corrected chi connectivity index (χ4v) is 2.82. The number of aryl methyl sites for hydroxylation is 1. The monoisotopic (exact) mass is 256 g/mol. The Morgan fingerprint density at radius 1 is 1.21 bits per heavy atom. The molecule has 1 aliphatic carbocycles. The maximum atomic E-state index is 11.1. The van der Waals surface area contributed by atoms with E-state index in [1.54, 1.807) is 19.5 Å². The minimum atomic E-state index is -1.10. The lowest BCUT2D eigenvalue weighted by molar-refractivity contribution is 0.0536. The molecule has 19 heavy (non-hydrogen) atoms. The van der Waals surface area contributed by atoms with E-state index >= 15 is 0 Å². The van der Waals surface area contributed by atoms with Crippen molar-refractivity contribution >= 4 is 0 Å². The van der Waals surface area contributed by atoms with Gasteiger partial charge in [0.2, 0.25) is 5.88 Å². The molecular weight excluding hydrogens is 240 g/mol. The van der Waals surface area contributed by atoms with Crippen LogP contribution in [0.5, 0.6) is 5.88 Å². The van der Waals surface area contributed by atoms with E-state index in [0.717, 1.165) is 18.4 Å². The van der Waals surface area contributed by atoms with Crippen LogP contribution in [-0.2, 0) is 12.0 Å². The summed E-state index contributed by atoms with van der Waals surface area (Å²) < 4.78 is 5.25. The van der Waals surface area contributed by atoms with Crippen LogP contribution in [0.25, 0.3) is 0 Å². The lowest BCUT2D eigenvalue weighted by Crippen LogP contribution is -2.33. The molecular formula is C15H16N2O2. The van der Waals surface area contributed by atoms with Crippen molar-refractivity contribution in [3.05, 3.63) is 53.5 Å². The highest BCUT2D eigenvalue weighted by Crippen LogP contribution is 2.41. The zero-order valence-electron chi connectivity index (χ0n) is 10.8. The van der Waals surface area contributed by atoms with Crippen LogP contribution in [0.1, 0.15) is 29.7 Å². The largest absolute Gasteiger partial charge is 0.480 e. The van der Waals surface area contributed by atoms with E-state index in [0.29, 0.717) is 18.0 Å². The Labute approximate surface area is 112 Å². The van der Waals surface area contributed by atoms with Gasteiger partial charge in [-0.2, -0.15) is 0 Å². The minimum Gasteiger partial charge on any atom is -0.480 e. The van der Waals surface area contributed by atoms with Crippen molar-refractivity contribution in [2.45, 2.75) is 24.9 Å². The highest BCUT2D eigenvalue weighted by atomic mass is 16.5. The van der Waals surface area contributed by atoms with E-state index < -0.39 is 5.60 Å². The van der Waals surface area contributed by atoms with Gasteiger partial charge in [0, 0.05) is 12.4 Å². The predicted molar refractivity (Wildman–Crippen MR) is 71.0 cm³/mol. The zero-order chi connectivity index (χ0) is 13.3. The quantitative estimate of drug-likeness (QED) is 0.893. The summed E-state index contributed by atoms with van der Waals surface area (Å²) in [4.78, 5) is 8.45. The summed E-state index contributed by atoms with van der Waals surface area (Å²) in [5, 5.41) is 11.1. The van der Waals surface area contributed by atoms with Crippen molar-refractivity contribution < 1.29 is 9.84 Å². The van der Waals surface area contributed by atoms with Gasteiger partial charge in [0.05, 0.1) is 7.11 Å².